The van der Waals surface area contributed by atoms with Crippen LogP contribution < -0.4 is 15.4 Å². The molecule has 2 aromatic carbocycles. The van der Waals surface area contributed by atoms with Crippen LogP contribution in [0.1, 0.15) is 22.2 Å². The Hall–Kier alpha value is -2.83. The highest BCUT2D eigenvalue weighted by atomic mass is 35.5. The van der Waals surface area contributed by atoms with Crippen LogP contribution in [0.5, 0.6) is 5.75 Å². The lowest BCUT2D eigenvalue weighted by Crippen LogP contribution is -2.45. The van der Waals surface area contributed by atoms with Crippen molar-refractivity contribution in [2.45, 2.75) is 12.7 Å². The van der Waals surface area contributed by atoms with Crippen LogP contribution in [-0.2, 0) is 6.54 Å². The first-order chi connectivity index (χ1) is 13.1. The average Bonchev–Trinajstić information content (AvgIpc) is 3.14. The van der Waals surface area contributed by atoms with Crippen molar-refractivity contribution < 1.29 is 9.53 Å². The highest BCUT2D eigenvalue weighted by Crippen LogP contribution is 2.25. The lowest BCUT2D eigenvalue weighted by molar-refractivity contribution is 0.0900. The van der Waals surface area contributed by atoms with Gasteiger partial charge in [0.25, 0.3) is 5.91 Å². The van der Waals surface area contributed by atoms with Gasteiger partial charge >= 0.3 is 0 Å². The number of fused-ring (bicyclic) bond motifs is 1. The third kappa shape index (κ3) is 3.67. The standard InChI is InChI=1S/C20H19ClN4O2/c1-27-16-7-5-14(6-8-16)17-10-18-20(26)23-12-19(25(18)24-17)22-11-13-3-2-4-15(21)9-13/h2-10,19,22H,11-12H2,1H3,(H,23,26). The van der Waals surface area contributed by atoms with E-state index < -0.39 is 0 Å². The molecule has 1 unspecified atom stereocenters. The van der Waals surface area contributed by atoms with Gasteiger partial charge in [0.05, 0.1) is 19.3 Å². The molecule has 0 saturated carbocycles. The van der Waals surface area contributed by atoms with Gasteiger partial charge in [-0.2, -0.15) is 5.10 Å². The van der Waals surface area contributed by atoms with E-state index >= 15 is 0 Å². The second-order valence-electron chi connectivity index (χ2n) is 6.32. The topological polar surface area (TPSA) is 68.2 Å². The van der Waals surface area contributed by atoms with Crippen molar-refractivity contribution in [2.75, 3.05) is 13.7 Å². The molecular weight excluding hydrogens is 364 g/mol. The minimum atomic E-state index is -0.135. The van der Waals surface area contributed by atoms with Crippen LogP contribution >= 0.6 is 11.6 Å². The molecule has 1 aliphatic heterocycles. The number of benzene rings is 2. The summed E-state index contributed by atoms with van der Waals surface area (Å²) in [5.74, 6) is 0.657. The molecule has 27 heavy (non-hydrogen) atoms. The highest BCUT2D eigenvalue weighted by Gasteiger charge is 2.27. The van der Waals surface area contributed by atoms with Gasteiger partial charge in [-0.15, -0.1) is 0 Å². The molecule has 4 rings (SSSR count). The quantitative estimate of drug-likeness (QED) is 0.710. The van der Waals surface area contributed by atoms with E-state index in [1.165, 1.54) is 0 Å². The monoisotopic (exact) mass is 382 g/mol. The van der Waals surface area contributed by atoms with Gasteiger partial charge in [0.1, 0.15) is 17.6 Å². The van der Waals surface area contributed by atoms with E-state index in [0.29, 0.717) is 23.8 Å². The summed E-state index contributed by atoms with van der Waals surface area (Å²) in [5, 5.41) is 11.7. The fourth-order valence-corrected chi connectivity index (χ4v) is 3.32. The Morgan fingerprint density at radius 2 is 2.07 bits per heavy atom. The summed E-state index contributed by atoms with van der Waals surface area (Å²) in [5.41, 5.74) is 3.29. The van der Waals surface area contributed by atoms with Crippen LogP contribution in [0.4, 0.5) is 0 Å². The largest absolute Gasteiger partial charge is 0.497 e. The number of halogens is 1. The Morgan fingerprint density at radius 1 is 1.26 bits per heavy atom. The number of carbonyl (C=O) groups excluding carboxylic acids is 1. The third-order valence-corrected chi connectivity index (χ3v) is 4.77. The van der Waals surface area contributed by atoms with Gasteiger partial charge in [-0.05, 0) is 48.0 Å². The van der Waals surface area contributed by atoms with Crippen molar-refractivity contribution in [3.05, 3.63) is 70.9 Å². The van der Waals surface area contributed by atoms with Gasteiger partial charge in [-0.25, -0.2) is 4.68 Å². The van der Waals surface area contributed by atoms with Crippen molar-refractivity contribution in [3.63, 3.8) is 0 Å². The smallest absolute Gasteiger partial charge is 0.269 e. The Labute approximate surface area is 162 Å². The van der Waals surface area contributed by atoms with Crippen molar-refractivity contribution in [2.24, 2.45) is 0 Å². The minimum Gasteiger partial charge on any atom is -0.497 e. The molecule has 0 saturated heterocycles. The van der Waals surface area contributed by atoms with Gasteiger partial charge in [0.15, 0.2) is 0 Å². The average molecular weight is 383 g/mol. The number of carbonyl (C=O) groups is 1. The van der Waals surface area contributed by atoms with Gasteiger partial charge < -0.3 is 10.1 Å². The number of hydrogen-bond donors (Lipinski definition) is 2. The van der Waals surface area contributed by atoms with Crippen molar-refractivity contribution >= 4 is 17.5 Å². The number of nitrogens with zero attached hydrogens (tertiary/aromatic N) is 2. The van der Waals surface area contributed by atoms with E-state index in [1.54, 1.807) is 11.8 Å². The van der Waals surface area contributed by atoms with E-state index in [1.807, 2.05) is 54.6 Å². The molecule has 6 nitrogen and oxygen atoms in total. The molecular formula is C20H19ClN4O2. The van der Waals surface area contributed by atoms with Gasteiger partial charge in [-0.1, -0.05) is 23.7 Å². The number of methoxy groups -OCH3 is 1. The first-order valence-corrected chi connectivity index (χ1v) is 9.02. The molecule has 1 aromatic heterocycles. The fourth-order valence-electron chi connectivity index (χ4n) is 3.11. The van der Waals surface area contributed by atoms with Crippen LogP contribution in [0.15, 0.2) is 54.6 Å². The Morgan fingerprint density at radius 3 is 2.81 bits per heavy atom. The maximum absolute atomic E-state index is 12.3. The maximum Gasteiger partial charge on any atom is 0.269 e. The van der Waals surface area contributed by atoms with Gasteiger partial charge in [0, 0.05) is 17.1 Å². The van der Waals surface area contributed by atoms with Crippen LogP contribution in [0, 0.1) is 0 Å². The second kappa shape index (κ2) is 7.42. The fraction of sp³-hybridized carbons (Fsp3) is 0.200. The summed E-state index contributed by atoms with van der Waals surface area (Å²) < 4.78 is 6.95. The van der Waals surface area contributed by atoms with Crippen LogP contribution in [-0.4, -0.2) is 29.3 Å². The third-order valence-electron chi connectivity index (χ3n) is 4.54. The number of aromatic nitrogens is 2. The number of rotatable bonds is 5. The predicted octanol–water partition coefficient (Wildman–Crippen LogP) is 3.24. The zero-order valence-electron chi connectivity index (χ0n) is 14.8. The van der Waals surface area contributed by atoms with Gasteiger partial charge in [0.2, 0.25) is 0 Å². The molecule has 138 valence electrons. The van der Waals surface area contributed by atoms with E-state index in [2.05, 4.69) is 15.7 Å². The summed E-state index contributed by atoms with van der Waals surface area (Å²) in [6, 6.07) is 17.1. The summed E-state index contributed by atoms with van der Waals surface area (Å²) in [4.78, 5) is 12.3. The van der Waals surface area contributed by atoms with E-state index in [-0.39, 0.29) is 12.1 Å². The SMILES string of the molecule is COc1ccc(-c2cc3n(n2)C(NCc2cccc(Cl)c2)CNC3=O)cc1. The van der Waals surface area contributed by atoms with Crippen LogP contribution in [0.2, 0.25) is 5.02 Å². The molecule has 1 aliphatic rings. The molecule has 1 amide bonds. The number of nitrogens with one attached hydrogen (secondary N) is 2. The Balaban J connectivity index is 1.57. The Kier molecular flexibility index (Phi) is 4.83. The molecule has 0 fully saturated rings. The lowest BCUT2D eigenvalue weighted by atomic mass is 10.1. The molecule has 0 bridgehead atoms. The summed E-state index contributed by atoms with van der Waals surface area (Å²) >= 11 is 6.05. The summed E-state index contributed by atoms with van der Waals surface area (Å²) in [6.07, 6.45) is -0.135. The number of ether oxygens (including phenoxy) is 1. The molecule has 1 atom stereocenters. The van der Waals surface area contributed by atoms with Crippen molar-refractivity contribution in [3.8, 4) is 17.0 Å². The second-order valence-corrected chi connectivity index (χ2v) is 6.76. The summed E-state index contributed by atoms with van der Waals surface area (Å²) in [6.45, 7) is 1.09. The molecule has 0 radical (unpaired) electrons. The number of hydrogen-bond acceptors (Lipinski definition) is 4. The highest BCUT2D eigenvalue weighted by molar-refractivity contribution is 6.30. The molecule has 2 heterocycles. The zero-order chi connectivity index (χ0) is 18.8. The van der Waals surface area contributed by atoms with Crippen molar-refractivity contribution in [1.82, 2.24) is 20.4 Å². The zero-order valence-corrected chi connectivity index (χ0v) is 15.5. The van der Waals surface area contributed by atoms with E-state index in [0.717, 1.165) is 22.6 Å². The van der Waals surface area contributed by atoms with Crippen molar-refractivity contribution in [1.29, 1.82) is 0 Å². The predicted molar refractivity (Wildman–Crippen MR) is 104 cm³/mol. The molecule has 3 aromatic rings. The minimum absolute atomic E-state index is 0.122. The molecule has 0 spiro atoms. The maximum atomic E-state index is 12.3. The number of amides is 1. The molecule has 0 aliphatic carbocycles. The summed E-state index contributed by atoms with van der Waals surface area (Å²) in [7, 11) is 1.63. The lowest BCUT2D eigenvalue weighted by Gasteiger charge is -2.25. The van der Waals surface area contributed by atoms with Crippen LogP contribution in [0.3, 0.4) is 0 Å². The van der Waals surface area contributed by atoms with Gasteiger partial charge in [-0.3, -0.25) is 10.1 Å². The van der Waals surface area contributed by atoms with E-state index in [9.17, 15) is 4.79 Å². The molecule has 2 N–H and O–H groups in total. The first kappa shape index (κ1) is 17.6. The molecule has 7 heteroatoms. The Bertz CT molecular complexity index is 968. The normalized spacial score (nSPS) is 15.9. The van der Waals surface area contributed by atoms with Crippen LogP contribution in [0.25, 0.3) is 11.3 Å². The first-order valence-electron chi connectivity index (χ1n) is 8.64. The van der Waals surface area contributed by atoms with E-state index in [4.69, 9.17) is 16.3 Å².